The van der Waals surface area contributed by atoms with Crippen molar-refractivity contribution >= 4 is 11.8 Å². The molecule has 0 aromatic heterocycles. The molecule has 0 aromatic rings. The van der Waals surface area contributed by atoms with Gasteiger partial charge in [-0.3, -0.25) is 0 Å². The van der Waals surface area contributed by atoms with Crippen molar-refractivity contribution in [3.63, 3.8) is 0 Å². The van der Waals surface area contributed by atoms with Gasteiger partial charge < -0.3 is 10.4 Å². The van der Waals surface area contributed by atoms with E-state index >= 15 is 0 Å². The first-order valence-electron chi connectivity index (χ1n) is 5.36. The maximum atomic E-state index is 9.58. The SMILES string of the molecule is OC1CNCC1SCC1CCCC1. The Labute approximate surface area is 84.5 Å². The molecule has 1 saturated carbocycles. The third-order valence-electron chi connectivity index (χ3n) is 3.15. The molecule has 13 heavy (non-hydrogen) atoms. The third kappa shape index (κ3) is 2.61. The summed E-state index contributed by atoms with van der Waals surface area (Å²) in [5, 5.41) is 13.3. The minimum absolute atomic E-state index is 0.105. The largest absolute Gasteiger partial charge is 0.391 e. The van der Waals surface area contributed by atoms with Crippen LogP contribution >= 0.6 is 11.8 Å². The van der Waals surface area contributed by atoms with Crippen LogP contribution in [0.2, 0.25) is 0 Å². The van der Waals surface area contributed by atoms with Gasteiger partial charge in [0.05, 0.1) is 6.10 Å². The molecule has 1 saturated heterocycles. The van der Waals surface area contributed by atoms with Gasteiger partial charge in [0, 0.05) is 18.3 Å². The molecule has 2 unspecified atom stereocenters. The molecule has 0 amide bonds. The Hall–Kier alpha value is 0.270. The molecular formula is C10H19NOS. The Morgan fingerprint density at radius 1 is 1.23 bits per heavy atom. The van der Waals surface area contributed by atoms with Gasteiger partial charge in [0.2, 0.25) is 0 Å². The van der Waals surface area contributed by atoms with Crippen LogP contribution < -0.4 is 5.32 Å². The molecule has 2 rings (SSSR count). The fourth-order valence-corrected chi connectivity index (χ4v) is 3.65. The zero-order chi connectivity index (χ0) is 9.10. The highest BCUT2D eigenvalue weighted by molar-refractivity contribution is 8.00. The van der Waals surface area contributed by atoms with Gasteiger partial charge in [0.1, 0.15) is 0 Å². The van der Waals surface area contributed by atoms with Gasteiger partial charge in [-0.1, -0.05) is 12.8 Å². The minimum Gasteiger partial charge on any atom is -0.391 e. The fourth-order valence-electron chi connectivity index (χ4n) is 2.25. The number of hydrogen-bond donors (Lipinski definition) is 2. The summed E-state index contributed by atoms with van der Waals surface area (Å²) in [5.74, 6) is 2.21. The molecule has 1 heterocycles. The Bertz CT molecular complexity index is 159. The second-order valence-electron chi connectivity index (χ2n) is 4.25. The summed E-state index contributed by atoms with van der Waals surface area (Å²) >= 11 is 1.98. The van der Waals surface area contributed by atoms with E-state index in [4.69, 9.17) is 0 Å². The normalized spacial score (nSPS) is 35.8. The number of rotatable bonds is 3. The lowest BCUT2D eigenvalue weighted by atomic mass is 10.1. The molecule has 0 spiro atoms. The van der Waals surface area contributed by atoms with Crippen LogP contribution in [-0.2, 0) is 0 Å². The summed E-state index contributed by atoms with van der Waals surface area (Å²) < 4.78 is 0. The van der Waals surface area contributed by atoms with E-state index in [9.17, 15) is 5.11 Å². The average Bonchev–Trinajstić information content (AvgIpc) is 2.72. The van der Waals surface area contributed by atoms with E-state index < -0.39 is 0 Å². The van der Waals surface area contributed by atoms with E-state index in [1.165, 1.54) is 31.4 Å². The smallest absolute Gasteiger partial charge is 0.0795 e. The van der Waals surface area contributed by atoms with Gasteiger partial charge in [-0.15, -0.1) is 0 Å². The Morgan fingerprint density at radius 2 is 2.00 bits per heavy atom. The van der Waals surface area contributed by atoms with Gasteiger partial charge in [0.25, 0.3) is 0 Å². The molecule has 3 heteroatoms. The van der Waals surface area contributed by atoms with E-state index in [1.807, 2.05) is 11.8 Å². The Morgan fingerprint density at radius 3 is 2.62 bits per heavy atom. The predicted octanol–water partition coefficient (Wildman–Crippen LogP) is 1.24. The monoisotopic (exact) mass is 201 g/mol. The van der Waals surface area contributed by atoms with Crippen LogP contribution in [0.1, 0.15) is 25.7 Å². The lowest BCUT2D eigenvalue weighted by Gasteiger charge is -2.15. The molecule has 2 N–H and O–H groups in total. The lowest BCUT2D eigenvalue weighted by Crippen LogP contribution is -2.21. The van der Waals surface area contributed by atoms with Crippen LogP contribution in [0, 0.1) is 5.92 Å². The molecule has 2 aliphatic rings. The summed E-state index contributed by atoms with van der Waals surface area (Å²) in [6.45, 7) is 1.79. The van der Waals surface area contributed by atoms with Crippen LogP contribution in [0.15, 0.2) is 0 Å². The standard InChI is InChI=1S/C10H19NOS/c12-9-5-11-6-10(9)13-7-8-3-1-2-4-8/h8-12H,1-7H2. The van der Waals surface area contributed by atoms with Crippen molar-refractivity contribution in [2.45, 2.75) is 37.0 Å². The number of aliphatic hydroxyl groups excluding tert-OH is 1. The fraction of sp³-hybridized carbons (Fsp3) is 1.00. The third-order valence-corrected chi connectivity index (χ3v) is 4.72. The molecule has 0 radical (unpaired) electrons. The molecule has 2 atom stereocenters. The van der Waals surface area contributed by atoms with Gasteiger partial charge in [-0.05, 0) is 24.5 Å². The molecular weight excluding hydrogens is 182 g/mol. The van der Waals surface area contributed by atoms with E-state index in [0.29, 0.717) is 5.25 Å². The zero-order valence-electron chi connectivity index (χ0n) is 8.04. The van der Waals surface area contributed by atoms with Crippen LogP contribution in [0.3, 0.4) is 0 Å². The molecule has 1 aliphatic heterocycles. The highest BCUT2D eigenvalue weighted by Crippen LogP contribution is 2.30. The summed E-state index contributed by atoms with van der Waals surface area (Å²) in [5.41, 5.74) is 0. The summed E-state index contributed by atoms with van der Waals surface area (Å²) in [6.07, 6.45) is 5.59. The van der Waals surface area contributed by atoms with Crippen LogP contribution in [0.25, 0.3) is 0 Å². The molecule has 0 aromatic carbocycles. The van der Waals surface area contributed by atoms with Crippen LogP contribution in [0.4, 0.5) is 0 Å². The summed E-state index contributed by atoms with van der Waals surface area (Å²) in [4.78, 5) is 0. The highest BCUT2D eigenvalue weighted by atomic mass is 32.2. The van der Waals surface area contributed by atoms with E-state index in [1.54, 1.807) is 0 Å². The first-order chi connectivity index (χ1) is 6.36. The molecule has 2 fully saturated rings. The van der Waals surface area contributed by atoms with Crippen LogP contribution in [0.5, 0.6) is 0 Å². The second kappa shape index (κ2) is 4.67. The molecule has 76 valence electrons. The summed E-state index contributed by atoms with van der Waals surface area (Å²) in [6, 6.07) is 0. The van der Waals surface area contributed by atoms with E-state index in [2.05, 4.69) is 5.32 Å². The number of hydrogen-bond acceptors (Lipinski definition) is 3. The number of nitrogens with one attached hydrogen (secondary N) is 1. The molecule has 0 bridgehead atoms. The van der Waals surface area contributed by atoms with Crippen molar-refractivity contribution < 1.29 is 5.11 Å². The van der Waals surface area contributed by atoms with Crippen molar-refractivity contribution in [2.24, 2.45) is 5.92 Å². The Kier molecular flexibility index (Phi) is 3.52. The van der Waals surface area contributed by atoms with Crippen molar-refractivity contribution in [1.82, 2.24) is 5.32 Å². The maximum absolute atomic E-state index is 9.58. The van der Waals surface area contributed by atoms with Gasteiger partial charge in [0.15, 0.2) is 0 Å². The number of β-amino-alcohol motifs (C(OH)–C–C–N with tert-alkyl or cyclic N) is 1. The molecule has 2 nitrogen and oxygen atoms in total. The molecule has 1 aliphatic carbocycles. The van der Waals surface area contributed by atoms with Crippen molar-refractivity contribution in [2.75, 3.05) is 18.8 Å². The van der Waals surface area contributed by atoms with Crippen molar-refractivity contribution in [3.8, 4) is 0 Å². The minimum atomic E-state index is -0.105. The maximum Gasteiger partial charge on any atom is 0.0795 e. The lowest BCUT2D eigenvalue weighted by molar-refractivity contribution is 0.201. The predicted molar refractivity (Wildman–Crippen MR) is 57.1 cm³/mol. The Balaban J connectivity index is 1.66. The van der Waals surface area contributed by atoms with E-state index in [0.717, 1.165) is 19.0 Å². The van der Waals surface area contributed by atoms with E-state index in [-0.39, 0.29) is 6.10 Å². The number of thioether (sulfide) groups is 1. The first-order valence-corrected chi connectivity index (χ1v) is 6.41. The quantitative estimate of drug-likeness (QED) is 0.720. The highest BCUT2D eigenvalue weighted by Gasteiger charge is 2.26. The van der Waals surface area contributed by atoms with Crippen molar-refractivity contribution in [1.29, 1.82) is 0 Å². The summed E-state index contributed by atoms with van der Waals surface area (Å²) in [7, 11) is 0. The van der Waals surface area contributed by atoms with Gasteiger partial charge >= 0.3 is 0 Å². The zero-order valence-corrected chi connectivity index (χ0v) is 8.85. The van der Waals surface area contributed by atoms with Crippen molar-refractivity contribution in [3.05, 3.63) is 0 Å². The topological polar surface area (TPSA) is 32.3 Å². The average molecular weight is 201 g/mol. The van der Waals surface area contributed by atoms with Crippen LogP contribution in [-0.4, -0.2) is 35.3 Å². The number of aliphatic hydroxyl groups is 1. The van der Waals surface area contributed by atoms with Gasteiger partial charge in [-0.2, -0.15) is 11.8 Å². The van der Waals surface area contributed by atoms with Gasteiger partial charge in [-0.25, -0.2) is 0 Å². The first kappa shape index (κ1) is 9.81. The second-order valence-corrected chi connectivity index (χ2v) is 5.52.